The maximum atomic E-state index is 10.3. The van der Waals surface area contributed by atoms with Crippen LogP contribution in [0.1, 0.15) is 5.69 Å². The van der Waals surface area contributed by atoms with Crippen molar-refractivity contribution in [3.63, 3.8) is 0 Å². The number of halogens is 1. The highest BCUT2D eigenvalue weighted by atomic mass is 79.9. The second kappa shape index (κ2) is 3.04. The summed E-state index contributed by atoms with van der Waals surface area (Å²) in [4.78, 5) is 14.2. The van der Waals surface area contributed by atoms with E-state index < -0.39 is 5.97 Å². The maximum Gasteiger partial charge on any atom is 0.309 e. The SMILES string of the molecule is Cn1cnc(Br)c1CC(=O)O. The maximum absolute atomic E-state index is 10.3. The van der Waals surface area contributed by atoms with E-state index in [2.05, 4.69) is 20.9 Å². The van der Waals surface area contributed by atoms with Crippen LogP contribution < -0.4 is 0 Å². The average Bonchev–Trinajstić information content (AvgIpc) is 2.18. The zero-order valence-corrected chi connectivity index (χ0v) is 7.50. The molecule has 0 fully saturated rings. The third-order valence-electron chi connectivity index (χ3n) is 1.33. The molecule has 1 N–H and O–H groups in total. The average molecular weight is 219 g/mol. The van der Waals surface area contributed by atoms with Crippen molar-refractivity contribution in [2.45, 2.75) is 6.42 Å². The molecule has 0 bridgehead atoms. The van der Waals surface area contributed by atoms with E-state index >= 15 is 0 Å². The van der Waals surface area contributed by atoms with Crippen LogP contribution in [0.25, 0.3) is 0 Å². The number of aromatic nitrogens is 2. The van der Waals surface area contributed by atoms with Crippen molar-refractivity contribution in [1.29, 1.82) is 0 Å². The Labute approximate surface area is 72.0 Å². The molecule has 11 heavy (non-hydrogen) atoms. The Hall–Kier alpha value is -0.840. The lowest BCUT2D eigenvalue weighted by Gasteiger charge is -1.97. The summed E-state index contributed by atoms with van der Waals surface area (Å²) in [5.41, 5.74) is 0.678. The molecule has 1 heterocycles. The summed E-state index contributed by atoms with van der Waals surface area (Å²) < 4.78 is 2.28. The van der Waals surface area contributed by atoms with Gasteiger partial charge in [0.1, 0.15) is 4.60 Å². The van der Waals surface area contributed by atoms with Gasteiger partial charge in [0.2, 0.25) is 0 Å². The molecule has 0 amide bonds. The Morgan fingerprint density at radius 1 is 1.91 bits per heavy atom. The van der Waals surface area contributed by atoms with Crippen LogP contribution in [-0.4, -0.2) is 20.6 Å². The summed E-state index contributed by atoms with van der Waals surface area (Å²) in [7, 11) is 1.76. The van der Waals surface area contributed by atoms with Crippen LogP contribution in [0.2, 0.25) is 0 Å². The van der Waals surface area contributed by atoms with E-state index in [-0.39, 0.29) is 6.42 Å². The first kappa shape index (κ1) is 8.26. The van der Waals surface area contributed by atoms with E-state index in [0.717, 1.165) is 0 Å². The minimum atomic E-state index is -0.852. The normalized spacial score (nSPS) is 10.0. The molecular weight excluding hydrogens is 212 g/mol. The minimum Gasteiger partial charge on any atom is -0.481 e. The molecule has 0 radical (unpaired) electrons. The van der Waals surface area contributed by atoms with Gasteiger partial charge in [0, 0.05) is 7.05 Å². The van der Waals surface area contributed by atoms with Crippen molar-refractivity contribution in [1.82, 2.24) is 9.55 Å². The van der Waals surface area contributed by atoms with E-state index in [0.29, 0.717) is 10.3 Å². The van der Waals surface area contributed by atoms with E-state index in [9.17, 15) is 4.79 Å². The molecule has 5 heteroatoms. The van der Waals surface area contributed by atoms with Crippen LogP contribution in [0.4, 0.5) is 0 Å². The van der Waals surface area contributed by atoms with Gasteiger partial charge in [-0.2, -0.15) is 0 Å². The predicted octanol–water partition coefficient (Wildman–Crippen LogP) is 0.810. The van der Waals surface area contributed by atoms with Crippen molar-refractivity contribution in [3.05, 3.63) is 16.6 Å². The molecule has 0 aliphatic heterocycles. The van der Waals surface area contributed by atoms with Gasteiger partial charge in [-0.05, 0) is 15.9 Å². The second-order valence-corrected chi connectivity index (χ2v) is 2.91. The van der Waals surface area contributed by atoms with Crippen LogP contribution in [0.3, 0.4) is 0 Å². The molecule has 0 aromatic carbocycles. The van der Waals surface area contributed by atoms with Crippen molar-refractivity contribution in [2.75, 3.05) is 0 Å². The van der Waals surface area contributed by atoms with Crippen molar-refractivity contribution >= 4 is 21.9 Å². The molecule has 0 aliphatic carbocycles. The zero-order chi connectivity index (χ0) is 8.43. The quantitative estimate of drug-likeness (QED) is 0.800. The van der Waals surface area contributed by atoms with Crippen molar-refractivity contribution in [2.24, 2.45) is 7.05 Å². The smallest absolute Gasteiger partial charge is 0.309 e. The van der Waals surface area contributed by atoms with Gasteiger partial charge in [-0.3, -0.25) is 4.79 Å². The number of carboxylic acid groups (broad SMARTS) is 1. The lowest BCUT2D eigenvalue weighted by atomic mass is 10.3. The molecule has 60 valence electrons. The summed E-state index contributed by atoms with van der Waals surface area (Å²) in [5.74, 6) is -0.852. The van der Waals surface area contributed by atoms with Gasteiger partial charge in [0.15, 0.2) is 0 Å². The lowest BCUT2D eigenvalue weighted by Crippen LogP contribution is -2.05. The van der Waals surface area contributed by atoms with Crippen LogP contribution in [0.5, 0.6) is 0 Å². The summed E-state index contributed by atoms with van der Waals surface area (Å²) >= 11 is 3.15. The van der Waals surface area contributed by atoms with Crippen LogP contribution in [0.15, 0.2) is 10.9 Å². The summed E-state index contributed by atoms with van der Waals surface area (Å²) in [6.45, 7) is 0. The zero-order valence-electron chi connectivity index (χ0n) is 5.91. The molecule has 1 aromatic rings. The van der Waals surface area contributed by atoms with Crippen molar-refractivity contribution < 1.29 is 9.90 Å². The highest BCUT2D eigenvalue weighted by Crippen LogP contribution is 2.13. The molecule has 0 unspecified atom stereocenters. The van der Waals surface area contributed by atoms with E-state index in [1.165, 1.54) is 0 Å². The number of carboxylic acids is 1. The van der Waals surface area contributed by atoms with Gasteiger partial charge in [0.05, 0.1) is 18.4 Å². The van der Waals surface area contributed by atoms with Gasteiger partial charge in [-0.25, -0.2) is 4.98 Å². The van der Waals surface area contributed by atoms with E-state index in [1.54, 1.807) is 17.9 Å². The van der Waals surface area contributed by atoms with Gasteiger partial charge >= 0.3 is 5.97 Å². The summed E-state index contributed by atoms with van der Waals surface area (Å²) in [5, 5.41) is 8.47. The number of hydrogen-bond donors (Lipinski definition) is 1. The van der Waals surface area contributed by atoms with Crippen LogP contribution >= 0.6 is 15.9 Å². The Bertz CT molecular complexity index is 263. The lowest BCUT2D eigenvalue weighted by molar-refractivity contribution is -0.136. The Morgan fingerprint density at radius 3 is 2.91 bits per heavy atom. The minimum absolute atomic E-state index is 0.00289. The first-order valence-electron chi connectivity index (χ1n) is 2.98. The predicted molar refractivity (Wildman–Crippen MR) is 42.2 cm³/mol. The molecule has 0 atom stereocenters. The molecule has 0 aliphatic rings. The monoisotopic (exact) mass is 218 g/mol. The van der Waals surface area contributed by atoms with E-state index in [4.69, 9.17) is 5.11 Å². The number of aryl methyl sites for hydroxylation is 1. The number of hydrogen-bond acceptors (Lipinski definition) is 2. The number of carbonyl (C=O) groups is 1. The molecule has 0 saturated heterocycles. The molecule has 1 rings (SSSR count). The molecular formula is C6H7BrN2O2. The number of rotatable bonds is 2. The second-order valence-electron chi connectivity index (χ2n) is 2.16. The molecule has 0 spiro atoms. The number of imidazole rings is 1. The molecule has 0 saturated carbocycles. The summed E-state index contributed by atoms with van der Waals surface area (Å²) in [6.07, 6.45) is 1.57. The largest absolute Gasteiger partial charge is 0.481 e. The van der Waals surface area contributed by atoms with Crippen molar-refractivity contribution in [3.8, 4) is 0 Å². The number of nitrogens with zero attached hydrogens (tertiary/aromatic N) is 2. The van der Waals surface area contributed by atoms with Crippen LogP contribution in [0, 0.1) is 0 Å². The Kier molecular flexibility index (Phi) is 2.28. The van der Waals surface area contributed by atoms with Gasteiger partial charge in [0.25, 0.3) is 0 Å². The number of aliphatic carboxylic acids is 1. The standard InChI is InChI=1S/C6H7BrN2O2/c1-9-3-8-6(7)4(9)2-5(10)11/h3H,2H2,1H3,(H,10,11). The van der Waals surface area contributed by atoms with Crippen LogP contribution in [-0.2, 0) is 18.3 Å². The highest BCUT2D eigenvalue weighted by molar-refractivity contribution is 9.10. The Balaban J connectivity index is 2.92. The molecule has 1 aromatic heterocycles. The third kappa shape index (κ3) is 1.80. The van der Waals surface area contributed by atoms with Gasteiger partial charge in [-0.1, -0.05) is 0 Å². The highest BCUT2D eigenvalue weighted by Gasteiger charge is 2.09. The Morgan fingerprint density at radius 2 is 2.55 bits per heavy atom. The van der Waals surface area contributed by atoms with Gasteiger partial charge in [-0.15, -0.1) is 0 Å². The first-order valence-corrected chi connectivity index (χ1v) is 3.78. The fourth-order valence-corrected chi connectivity index (χ4v) is 1.28. The first-order chi connectivity index (χ1) is 5.11. The fraction of sp³-hybridized carbons (Fsp3) is 0.333. The van der Waals surface area contributed by atoms with Gasteiger partial charge < -0.3 is 9.67 Å². The van der Waals surface area contributed by atoms with E-state index in [1.807, 2.05) is 0 Å². The third-order valence-corrected chi connectivity index (χ3v) is 1.99. The molecule has 4 nitrogen and oxygen atoms in total. The summed E-state index contributed by atoms with van der Waals surface area (Å²) in [6, 6.07) is 0. The topological polar surface area (TPSA) is 55.1 Å². The fourth-order valence-electron chi connectivity index (χ4n) is 0.768.